The fourth-order valence-corrected chi connectivity index (χ4v) is 3.07. The number of aromatic nitrogens is 2. The molecule has 19 heavy (non-hydrogen) atoms. The van der Waals surface area contributed by atoms with Gasteiger partial charge in [-0.05, 0) is 49.6 Å². The smallest absolute Gasteiger partial charge is 0.264 e. The van der Waals surface area contributed by atoms with Crippen LogP contribution in [0.5, 0.6) is 0 Å². The molecule has 1 heterocycles. The summed E-state index contributed by atoms with van der Waals surface area (Å²) < 4.78 is 3.86. The highest BCUT2D eigenvalue weighted by molar-refractivity contribution is 7.08. The van der Waals surface area contributed by atoms with Gasteiger partial charge in [-0.1, -0.05) is 17.8 Å². The summed E-state index contributed by atoms with van der Waals surface area (Å²) in [4.78, 5) is 12.7. The first-order valence-corrected chi connectivity index (χ1v) is 7.75. The largest absolute Gasteiger partial charge is 0.393 e. The molecule has 2 N–H and O–H groups in total. The molecule has 1 aromatic heterocycles. The molecule has 0 radical (unpaired) electrons. The molecule has 5 nitrogen and oxygen atoms in total. The maximum absolute atomic E-state index is 12.1. The molecule has 0 spiro atoms. The van der Waals surface area contributed by atoms with Crippen molar-refractivity contribution in [1.29, 1.82) is 0 Å². The first-order valence-electron chi connectivity index (χ1n) is 6.98. The van der Waals surface area contributed by atoms with Gasteiger partial charge in [-0.2, -0.15) is 0 Å². The highest BCUT2D eigenvalue weighted by Crippen LogP contribution is 2.23. The Morgan fingerprint density at radius 2 is 2.16 bits per heavy atom. The van der Waals surface area contributed by atoms with Crippen LogP contribution in [0.3, 0.4) is 0 Å². The Kier molecular flexibility index (Phi) is 5.27. The minimum Gasteiger partial charge on any atom is -0.393 e. The van der Waals surface area contributed by atoms with Crippen molar-refractivity contribution in [2.45, 2.75) is 51.6 Å². The summed E-state index contributed by atoms with van der Waals surface area (Å²) in [5.74, 6) is 0.437. The van der Waals surface area contributed by atoms with Crippen molar-refractivity contribution < 1.29 is 9.90 Å². The van der Waals surface area contributed by atoms with Gasteiger partial charge >= 0.3 is 0 Å². The number of nitrogens with zero attached hydrogens (tertiary/aromatic N) is 2. The van der Waals surface area contributed by atoms with Crippen LogP contribution in [-0.2, 0) is 6.42 Å². The number of hydrogen-bond acceptors (Lipinski definition) is 5. The summed E-state index contributed by atoms with van der Waals surface area (Å²) in [5, 5.41) is 16.4. The van der Waals surface area contributed by atoms with E-state index >= 15 is 0 Å². The van der Waals surface area contributed by atoms with Gasteiger partial charge < -0.3 is 10.4 Å². The van der Waals surface area contributed by atoms with Crippen molar-refractivity contribution in [2.24, 2.45) is 5.92 Å². The maximum atomic E-state index is 12.1. The molecule has 1 saturated carbocycles. The molecule has 106 valence electrons. The van der Waals surface area contributed by atoms with Crippen LogP contribution in [-0.4, -0.2) is 33.2 Å². The fourth-order valence-electron chi connectivity index (χ4n) is 2.45. The van der Waals surface area contributed by atoms with Gasteiger partial charge in [0.05, 0.1) is 11.8 Å². The maximum Gasteiger partial charge on any atom is 0.264 e. The number of carbonyl (C=O) groups excluding carboxylic acids is 1. The van der Waals surface area contributed by atoms with Gasteiger partial charge in [0.25, 0.3) is 5.91 Å². The lowest BCUT2D eigenvalue weighted by Gasteiger charge is -2.25. The summed E-state index contributed by atoms with van der Waals surface area (Å²) in [6, 6.07) is 0. The fraction of sp³-hybridized carbons (Fsp3) is 0.769. The van der Waals surface area contributed by atoms with E-state index < -0.39 is 0 Å². The molecule has 1 amide bonds. The summed E-state index contributed by atoms with van der Waals surface area (Å²) in [6.07, 6.45) is 5.30. The van der Waals surface area contributed by atoms with E-state index in [1.807, 2.05) is 0 Å². The Balaban J connectivity index is 1.82. The van der Waals surface area contributed by atoms with Crippen molar-refractivity contribution in [1.82, 2.24) is 14.9 Å². The molecule has 0 atom stereocenters. The van der Waals surface area contributed by atoms with E-state index in [4.69, 9.17) is 0 Å². The average Bonchev–Trinajstić information content (AvgIpc) is 2.86. The second-order valence-electron chi connectivity index (χ2n) is 5.18. The number of aliphatic hydroxyl groups is 1. The molecule has 0 aromatic carbocycles. The molecule has 0 aliphatic heterocycles. The highest BCUT2D eigenvalue weighted by Gasteiger charge is 2.21. The van der Waals surface area contributed by atoms with Gasteiger partial charge in [0.2, 0.25) is 0 Å². The molecule has 6 heteroatoms. The minimum atomic E-state index is -0.145. The van der Waals surface area contributed by atoms with Gasteiger partial charge in [-0.15, -0.1) is 5.10 Å². The monoisotopic (exact) mass is 283 g/mol. The Morgan fingerprint density at radius 1 is 1.42 bits per heavy atom. The van der Waals surface area contributed by atoms with Crippen molar-refractivity contribution in [3.8, 4) is 0 Å². The Morgan fingerprint density at radius 3 is 2.84 bits per heavy atom. The molecule has 1 aromatic rings. The van der Waals surface area contributed by atoms with Gasteiger partial charge in [0, 0.05) is 6.54 Å². The predicted molar refractivity (Wildman–Crippen MR) is 74.2 cm³/mol. The number of amides is 1. The number of carbonyl (C=O) groups is 1. The van der Waals surface area contributed by atoms with Gasteiger partial charge in [0.1, 0.15) is 4.88 Å². The van der Waals surface area contributed by atoms with Crippen LogP contribution in [0, 0.1) is 5.92 Å². The Bertz CT molecular complexity index is 414. The van der Waals surface area contributed by atoms with E-state index in [0.717, 1.165) is 44.2 Å². The van der Waals surface area contributed by atoms with Crippen LogP contribution >= 0.6 is 11.5 Å². The molecular formula is C13H21N3O2S. The molecular weight excluding hydrogens is 262 g/mol. The van der Waals surface area contributed by atoms with Crippen LogP contribution in [0.15, 0.2) is 0 Å². The number of nitrogens with one attached hydrogen (secondary N) is 1. The molecule has 0 bridgehead atoms. The van der Waals surface area contributed by atoms with E-state index in [0.29, 0.717) is 17.3 Å². The summed E-state index contributed by atoms with van der Waals surface area (Å²) in [6.45, 7) is 2.75. The van der Waals surface area contributed by atoms with E-state index in [2.05, 4.69) is 21.8 Å². The highest BCUT2D eigenvalue weighted by atomic mass is 32.1. The first kappa shape index (κ1) is 14.4. The van der Waals surface area contributed by atoms with Crippen molar-refractivity contribution in [2.75, 3.05) is 6.54 Å². The molecule has 1 aliphatic carbocycles. The summed E-state index contributed by atoms with van der Waals surface area (Å²) >= 11 is 1.17. The zero-order valence-electron chi connectivity index (χ0n) is 11.3. The van der Waals surface area contributed by atoms with Crippen LogP contribution < -0.4 is 5.32 Å². The van der Waals surface area contributed by atoms with Crippen molar-refractivity contribution in [3.05, 3.63) is 10.6 Å². The summed E-state index contributed by atoms with van der Waals surface area (Å²) in [5.41, 5.74) is 0.809. The zero-order valence-corrected chi connectivity index (χ0v) is 12.1. The normalized spacial score (nSPS) is 23.3. The van der Waals surface area contributed by atoms with E-state index in [-0.39, 0.29) is 12.0 Å². The van der Waals surface area contributed by atoms with Crippen molar-refractivity contribution >= 4 is 17.4 Å². The van der Waals surface area contributed by atoms with Gasteiger partial charge in [0.15, 0.2) is 0 Å². The van der Waals surface area contributed by atoms with Gasteiger partial charge in [-0.3, -0.25) is 4.79 Å². The number of rotatable bonds is 5. The lowest BCUT2D eigenvalue weighted by atomic mass is 9.87. The SMILES string of the molecule is CCCc1nnsc1C(=O)NCC1CCC(O)CC1. The molecule has 2 rings (SSSR count). The topological polar surface area (TPSA) is 75.1 Å². The van der Waals surface area contributed by atoms with Crippen LogP contribution in [0.25, 0.3) is 0 Å². The number of aryl methyl sites for hydroxylation is 1. The lowest BCUT2D eigenvalue weighted by molar-refractivity contribution is 0.0913. The standard InChI is InChI=1S/C13H21N3O2S/c1-2-3-11-12(19-16-15-11)13(18)14-8-9-4-6-10(17)7-5-9/h9-10,17H,2-8H2,1H3,(H,14,18). The minimum absolute atomic E-state index is 0.0513. The van der Waals surface area contributed by atoms with E-state index in [9.17, 15) is 9.90 Å². The Labute approximate surface area is 117 Å². The predicted octanol–water partition coefficient (Wildman–Crippen LogP) is 1.77. The van der Waals surface area contributed by atoms with Crippen LogP contribution in [0.1, 0.15) is 54.4 Å². The molecule has 0 unspecified atom stereocenters. The Hall–Kier alpha value is -1.01. The number of aliphatic hydroxyl groups excluding tert-OH is 1. The molecule has 1 fully saturated rings. The third kappa shape index (κ3) is 3.98. The second-order valence-corrected chi connectivity index (χ2v) is 5.94. The molecule has 0 saturated heterocycles. The quantitative estimate of drug-likeness (QED) is 0.863. The number of hydrogen-bond donors (Lipinski definition) is 2. The lowest BCUT2D eigenvalue weighted by Crippen LogP contribution is -2.32. The van der Waals surface area contributed by atoms with E-state index in [1.54, 1.807) is 0 Å². The third-order valence-electron chi connectivity index (χ3n) is 3.62. The third-order valence-corrected chi connectivity index (χ3v) is 4.38. The van der Waals surface area contributed by atoms with Crippen LogP contribution in [0.2, 0.25) is 0 Å². The van der Waals surface area contributed by atoms with E-state index in [1.165, 1.54) is 11.5 Å². The van der Waals surface area contributed by atoms with Gasteiger partial charge in [-0.25, -0.2) is 0 Å². The van der Waals surface area contributed by atoms with Crippen LogP contribution in [0.4, 0.5) is 0 Å². The first-order chi connectivity index (χ1) is 9.20. The summed E-state index contributed by atoms with van der Waals surface area (Å²) in [7, 11) is 0. The average molecular weight is 283 g/mol. The second kappa shape index (κ2) is 6.96. The zero-order chi connectivity index (χ0) is 13.7. The molecule has 1 aliphatic rings. The van der Waals surface area contributed by atoms with Crippen molar-refractivity contribution in [3.63, 3.8) is 0 Å².